The second-order valence-corrected chi connectivity index (χ2v) is 7.38. The summed E-state index contributed by atoms with van der Waals surface area (Å²) >= 11 is 0. The van der Waals surface area contributed by atoms with E-state index in [0.717, 1.165) is 44.9 Å². The van der Waals surface area contributed by atoms with Gasteiger partial charge in [0.25, 0.3) is 5.91 Å². The minimum atomic E-state index is -0.0458. The number of allylic oxidation sites excluding steroid dienone is 1. The molecule has 0 bridgehead atoms. The van der Waals surface area contributed by atoms with E-state index in [9.17, 15) is 10.1 Å². The Kier molecular flexibility index (Phi) is 5.38. The van der Waals surface area contributed by atoms with Crippen molar-refractivity contribution < 1.29 is 9.53 Å². The molecule has 0 aromatic carbocycles. The van der Waals surface area contributed by atoms with Crippen molar-refractivity contribution in [2.24, 2.45) is 17.8 Å². The van der Waals surface area contributed by atoms with Gasteiger partial charge in [0.05, 0.1) is 0 Å². The van der Waals surface area contributed by atoms with E-state index in [-0.39, 0.29) is 11.9 Å². The van der Waals surface area contributed by atoms with E-state index in [1.807, 2.05) is 11.0 Å². The maximum atomic E-state index is 12.9. The van der Waals surface area contributed by atoms with Crippen LogP contribution in [-0.2, 0) is 9.53 Å². The quantitative estimate of drug-likeness (QED) is 0.580. The van der Waals surface area contributed by atoms with Crippen molar-refractivity contribution in [3.8, 4) is 6.07 Å². The molecular formula is C19H28N2O2. The molecule has 126 valence electrons. The predicted octanol–water partition coefficient (Wildman–Crippen LogP) is 3.29. The Balaban J connectivity index is 1.70. The molecule has 4 heteroatoms. The van der Waals surface area contributed by atoms with Gasteiger partial charge < -0.3 is 9.64 Å². The van der Waals surface area contributed by atoms with Crippen LogP contribution >= 0.6 is 0 Å². The Hall–Kier alpha value is -1.34. The van der Waals surface area contributed by atoms with Gasteiger partial charge >= 0.3 is 0 Å². The lowest BCUT2D eigenvalue weighted by molar-refractivity contribution is -0.133. The molecule has 0 N–H and O–H groups in total. The van der Waals surface area contributed by atoms with Gasteiger partial charge in [0.15, 0.2) is 0 Å². The first-order chi connectivity index (χ1) is 11.2. The molecule has 23 heavy (non-hydrogen) atoms. The molecule has 2 saturated heterocycles. The SMILES string of the molecule is CC1C2CCCCC2CCN1C(=O)/C(C#N)=C\C1CCOCC1. The molecule has 3 fully saturated rings. The number of nitriles is 1. The van der Waals surface area contributed by atoms with E-state index in [2.05, 4.69) is 13.0 Å². The molecule has 3 atom stereocenters. The number of hydrogen-bond donors (Lipinski definition) is 0. The Bertz CT molecular complexity index is 502. The van der Waals surface area contributed by atoms with Gasteiger partial charge in [-0.1, -0.05) is 25.3 Å². The Labute approximate surface area is 139 Å². The van der Waals surface area contributed by atoms with Crippen LogP contribution in [0.25, 0.3) is 0 Å². The van der Waals surface area contributed by atoms with E-state index in [4.69, 9.17) is 4.74 Å². The lowest BCUT2D eigenvalue weighted by Gasteiger charge is -2.46. The van der Waals surface area contributed by atoms with Gasteiger partial charge in [-0.05, 0) is 50.4 Å². The van der Waals surface area contributed by atoms with Gasteiger partial charge in [0.2, 0.25) is 0 Å². The number of hydrogen-bond acceptors (Lipinski definition) is 3. The number of amides is 1. The highest BCUT2D eigenvalue weighted by Gasteiger charge is 2.39. The number of piperidine rings is 1. The summed E-state index contributed by atoms with van der Waals surface area (Å²) < 4.78 is 5.36. The molecule has 0 aromatic heterocycles. The molecule has 3 rings (SSSR count). The second-order valence-electron chi connectivity index (χ2n) is 7.38. The Morgan fingerprint density at radius 1 is 1.17 bits per heavy atom. The van der Waals surface area contributed by atoms with Crippen LogP contribution < -0.4 is 0 Å². The number of fused-ring (bicyclic) bond motifs is 1. The average Bonchev–Trinajstić information content (AvgIpc) is 2.60. The fourth-order valence-corrected chi connectivity index (χ4v) is 4.69. The summed E-state index contributed by atoms with van der Waals surface area (Å²) in [5, 5.41) is 9.48. The Morgan fingerprint density at radius 2 is 1.91 bits per heavy atom. The summed E-state index contributed by atoms with van der Waals surface area (Å²) in [5.74, 6) is 1.68. The highest BCUT2D eigenvalue weighted by Crippen LogP contribution is 2.40. The number of nitrogens with zero attached hydrogens (tertiary/aromatic N) is 2. The van der Waals surface area contributed by atoms with Gasteiger partial charge in [-0.25, -0.2) is 0 Å². The normalized spacial score (nSPS) is 33.0. The van der Waals surface area contributed by atoms with Crippen molar-refractivity contribution in [2.45, 2.75) is 57.9 Å². The van der Waals surface area contributed by atoms with Crippen molar-refractivity contribution in [1.82, 2.24) is 4.90 Å². The van der Waals surface area contributed by atoms with Gasteiger partial charge in [0.1, 0.15) is 11.6 Å². The third kappa shape index (κ3) is 3.61. The molecule has 2 aliphatic heterocycles. The number of carbonyl (C=O) groups is 1. The van der Waals surface area contributed by atoms with Gasteiger partial charge in [-0.2, -0.15) is 5.26 Å². The first-order valence-electron chi connectivity index (χ1n) is 9.21. The smallest absolute Gasteiger partial charge is 0.264 e. The summed E-state index contributed by atoms with van der Waals surface area (Å²) in [5.41, 5.74) is 0.345. The largest absolute Gasteiger partial charge is 0.381 e. The van der Waals surface area contributed by atoms with E-state index in [0.29, 0.717) is 17.4 Å². The number of carbonyl (C=O) groups excluding carboxylic acids is 1. The zero-order valence-corrected chi connectivity index (χ0v) is 14.2. The number of likely N-dealkylation sites (tertiary alicyclic amines) is 1. The highest BCUT2D eigenvalue weighted by molar-refractivity contribution is 5.97. The summed E-state index contributed by atoms with van der Waals surface area (Å²) in [6.45, 7) is 4.47. The zero-order chi connectivity index (χ0) is 16.2. The maximum absolute atomic E-state index is 12.9. The minimum absolute atomic E-state index is 0.0458. The number of ether oxygens (including phenoxy) is 1. The summed E-state index contributed by atoms with van der Waals surface area (Å²) in [6.07, 6.45) is 10.0. The average molecular weight is 316 g/mol. The van der Waals surface area contributed by atoms with Crippen molar-refractivity contribution in [3.63, 3.8) is 0 Å². The van der Waals surface area contributed by atoms with Crippen molar-refractivity contribution in [3.05, 3.63) is 11.6 Å². The van der Waals surface area contributed by atoms with Crippen LogP contribution in [0.2, 0.25) is 0 Å². The summed E-state index contributed by atoms with van der Waals surface area (Å²) in [6, 6.07) is 2.44. The highest BCUT2D eigenvalue weighted by atomic mass is 16.5. The van der Waals surface area contributed by atoms with Crippen LogP contribution in [0.3, 0.4) is 0 Å². The third-order valence-corrected chi connectivity index (χ3v) is 6.10. The molecule has 0 aromatic rings. The fourth-order valence-electron chi connectivity index (χ4n) is 4.69. The van der Waals surface area contributed by atoms with Crippen molar-refractivity contribution in [2.75, 3.05) is 19.8 Å². The third-order valence-electron chi connectivity index (χ3n) is 6.10. The zero-order valence-electron chi connectivity index (χ0n) is 14.2. The van der Waals surface area contributed by atoms with E-state index >= 15 is 0 Å². The maximum Gasteiger partial charge on any atom is 0.264 e. The lowest BCUT2D eigenvalue weighted by Crippen LogP contribution is -2.51. The molecule has 1 amide bonds. The van der Waals surface area contributed by atoms with E-state index in [1.54, 1.807) is 0 Å². The fraction of sp³-hybridized carbons (Fsp3) is 0.789. The molecule has 3 aliphatic rings. The molecule has 1 saturated carbocycles. The van der Waals surface area contributed by atoms with E-state index < -0.39 is 0 Å². The van der Waals surface area contributed by atoms with Crippen LogP contribution in [0.5, 0.6) is 0 Å². The lowest BCUT2D eigenvalue weighted by atomic mass is 9.71. The second kappa shape index (κ2) is 7.49. The first kappa shape index (κ1) is 16.5. The predicted molar refractivity (Wildman–Crippen MR) is 88.5 cm³/mol. The molecule has 2 heterocycles. The van der Waals surface area contributed by atoms with Gasteiger partial charge in [-0.3, -0.25) is 4.79 Å². The molecular weight excluding hydrogens is 288 g/mol. The standard InChI is InChI=1S/C19H28N2O2/c1-14-18-5-3-2-4-16(18)6-9-21(14)19(22)17(13-20)12-15-7-10-23-11-8-15/h12,14-16,18H,2-11H2,1H3/b17-12-. The van der Waals surface area contributed by atoms with Crippen LogP contribution in [-0.4, -0.2) is 36.6 Å². The number of rotatable bonds is 2. The molecule has 1 aliphatic carbocycles. The molecule has 0 spiro atoms. The van der Waals surface area contributed by atoms with Crippen LogP contribution in [0.15, 0.2) is 11.6 Å². The van der Waals surface area contributed by atoms with Crippen LogP contribution in [0.4, 0.5) is 0 Å². The van der Waals surface area contributed by atoms with Gasteiger partial charge in [-0.15, -0.1) is 0 Å². The summed E-state index contributed by atoms with van der Waals surface area (Å²) in [4.78, 5) is 14.9. The van der Waals surface area contributed by atoms with Crippen LogP contribution in [0, 0.1) is 29.1 Å². The first-order valence-corrected chi connectivity index (χ1v) is 9.21. The van der Waals surface area contributed by atoms with Gasteiger partial charge in [0, 0.05) is 25.8 Å². The topological polar surface area (TPSA) is 53.3 Å². The summed E-state index contributed by atoms with van der Waals surface area (Å²) in [7, 11) is 0. The minimum Gasteiger partial charge on any atom is -0.381 e. The van der Waals surface area contributed by atoms with Crippen LogP contribution in [0.1, 0.15) is 51.9 Å². The van der Waals surface area contributed by atoms with Crippen molar-refractivity contribution >= 4 is 5.91 Å². The molecule has 0 radical (unpaired) electrons. The molecule has 3 unspecified atom stereocenters. The Morgan fingerprint density at radius 3 is 2.65 bits per heavy atom. The van der Waals surface area contributed by atoms with Crippen molar-refractivity contribution in [1.29, 1.82) is 5.26 Å². The molecule has 4 nitrogen and oxygen atoms in total. The monoisotopic (exact) mass is 316 g/mol. The van der Waals surface area contributed by atoms with E-state index in [1.165, 1.54) is 25.7 Å².